The summed E-state index contributed by atoms with van der Waals surface area (Å²) in [6.45, 7) is 9.02. The van der Waals surface area contributed by atoms with Gasteiger partial charge in [0.2, 0.25) is 0 Å². The van der Waals surface area contributed by atoms with E-state index in [1.165, 1.54) is 10.4 Å². The number of thiophene rings is 1. The number of nitrogens with one attached hydrogen (secondary N) is 2. The molecule has 0 saturated heterocycles. The molecule has 0 unspecified atom stereocenters. The molecular weight excluding hydrogens is 485 g/mol. The Balaban J connectivity index is 0.00000392. The maximum Gasteiger partial charge on any atom is 0.191 e. The van der Waals surface area contributed by atoms with Gasteiger partial charge in [0.05, 0.1) is 26.4 Å². The second kappa shape index (κ2) is 15.7. The third-order valence-electron chi connectivity index (χ3n) is 3.84. The highest BCUT2D eigenvalue weighted by Crippen LogP contribution is 2.09. The van der Waals surface area contributed by atoms with Crippen molar-refractivity contribution in [3.05, 3.63) is 57.8 Å². The van der Waals surface area contributed by atoms with Gasteiger partial charge in [0, 0.05) is 24.6 Å². The molecule has 0 radical (unpaired) electrons. The van der Waals surface area contributed by atoms with Crippen LogP contribution in [0.25, 0.3) is 0 Å². The van der Waals surface area contributed by atoms with Crippen LogP contribution in [0.1, 0.15) is 29.9 Å². The average Bonchev–Trinajstić information content (AvgIpc) is 3.20. The van der Waals surface area contributed by atoms with Crippen LogP contribution in [0.3, 0.4) is 0 Å². The van der Waals surface area contributed by atoms with Gasteiger partial charge in [-0.3, -0.25) is 0 Å². The van der Waals surface area contributed by atoms with Crippen molar-refractivity contribution >= 4 is 41.3 Å². The Morgan fingerprint density at radius 3 is 2.61 bits per heavy atom. The van der Waals surface area contributed by atoms with E-state index in [1.807, 2.05) is 6.92 Å². The van der Waals surface area contributed by atoms with Crippen LogP contribution in [0, 0.1) is 0 Å². The summed E-state index contributed by atoms with van der Waals surface area (Å²) in [6.07, 6.45) is 1.01. The molecule has 1 heterocycles. The number of aliphatic imine (C=N–C) groups is 1. The summed E-state index contributed by atoms with van der Waals surface area (Å²) in [4.78, 5) is 6.09. The average molecular weight is 517 g/mol. The van der Waals surface area contributed by atoms with E-state index in [0.717, 1.165) is 37.6 Å². The lowest BCUT2D eigenvalue weighted by Gasteiger charge is -2.11. The fraction of sp³-hybridized carbons (Fsp3) is 0.476. The quantitative estimate of drug-likeness (QED) is 0.192. The van der Waals surface area contributed by atoms with E-state index < -0.39 is 0 Å². The van der Waals surface area contributed by atoms with Gasteiger partial charge in [-0.1, -0.05) is 30.3 Å². The lowest BCUT2D eigenvalue weighted by Crippen LogP contribution is -2.38. The fourth-order valence-corrected chi connectivity index (χ4v) is 3.25. The van der Waals surface area contributed by atoms with Crippen LogP contribution in [0.2, 0.25) is 0 Å². The first kappa shape index (κ1) is 24.9. The molecule has 1 aromatic carbocycles. The van der Waals surface area contributed by atoms with Gasteiger partial charge in [-0.15, -0.1) is 35.3 Å². The molecule has 2 N–H and O–H groups in total. The molecule has 0 aliphatic carbocycles. The first-order chi connectivity index (χ1) is 13.3. The van der Waals surface area contributed by atoms with Crippen LogP contribution in [-0.4, -0.2) is 38.9 Å². The minimum Gasteiger partial charge on any atom is -0.379 e. The third-order valence-corrected chi connectivity index (χ3v) is 4.78. The molecule has 0 atom stereocenters. The molecule has 0 aliphatic rings. The van der Waals surface area contributed by atoms with Gasteiger partial charge in [-0.2, -0.15) is 0 Å². The zero-order valence-corrected chi connectivity index (χ0v) is 19.9. The van der Waals surface area contributed by atoms with E-state index in [-0.39, 0.29) is 24.0 Å². The smallest absolute Gasteiger partial charge is 0.191 e. The highest BCUT2D eigenvalue weighted by molar-refractivity contribution is 14.0. The molecule has 2 rings (SSSR count). The number of halogens is 1. The van der Waals surface area contributed by atoms with Crippen LogP contribution in [0.15, 0.2) is 46.8 Å². The minimum absolute atomic E-state index is 0. The van der Waals surface area contributed by atoms with Crippen molar-refractivity contribution in [1.82, 2.24) is 10.6 Å². The lowest BCUT2D eigenvalue weighted by molar-refractivity contribution is 0.0453. The Morgan fingerprint density at radius 1 is 1.04 bits per heavy atom. The lowest BCUT2D eigenvalue weighted by atomic mass is 10.1. The van der Waals surface area contributed by atoms with E-state index in [2.05, 4.69) is 59.3 Å². The van der Waals surface area contributed by atoms with Gasteiger partial charge in [-0.25, -0.2) is 4.99 Å². The third kappa shape index (κ3) is 10.4. The van der Waals surface area contributed by atoms with Gasteiger partial charge in [0.15, 0.2) is 5.96 Å². The first-order valence-electron chi connectivity index (χ1n) is 9.59. The van der Waals surface area contributed by atoms with Crippen molar-refractivity contribution in [1.29, 1.82) is 0 Å². The summed E-state index contributed by atoms with van der Waals surface area (Å²) in [7, 11) is 0. The molecule has 5 nitrogen and oxygen atoms in total. The SMILES string of the molecule is CCNC(=NCc1cccc(COCCOCC)c1)NCCc1cccs1.I. The zero-order valence-electron chi connectivity index (χ0n) is 16.8. The molecule has 0 aliphatic heterocycles. The summed E-state index contributed by atoms with van der Waals surface area (Å²) in [5.74, 6) is 0.854. The first-order valence-corrected chi connectivity index (χ1v) is 10.5. The van der Waals surface area contributed by atoms with E-state index in [9.17, 15) is 0 Å². The maximum atomic E-state index is 5.64. The zero-order chi connectivity index (χ0) is 19.2. The Morgan fingerprint density at radius 2 is 1.86 bits per heavy atom. The molecule has 2 aromatic rings. The molecular formula is C21H32IN3O2S. The van der Waals surface area contributed by atoms with Crippen LogP contribution in [0.4, 0.5) is 0 Å². The van der Waals surface area contributed by atoms with Crippen molar-refractivity contribution in [2.24, 2.45) is 4.99 Å². The molecule has 7 heteroatoms. The van der Waals surface area contributed by atoms with Crippen molar-refractivity contribution in [2.75, 3.05) is 32.9 Å². The second-order valence-corrected chi connectivity index (χ2v) is 7.05. The largest absolute Gasteiger partial charge is 0.379 e. The fourth-order valence-electron chi connectivity index (χ4n) is 2.54. The summed E-state index contributed by atoms with van der Waals surface area (Å²) in [5, 5.41) is 8.82. The Kier molecular flexibility index (Phi) is 14.0. The number of hydrogen-bond donors (Lipinski definition) is 2. The van der Waals surface area contributed by atoms with Gasteiger partial charge < -0.3 is 20.1 Å². The minimum atomic E-state index is 0. The van der Waals surface area contributed by atoms with Gasteiger partial charge >= 0.3 is 0 Å². The standard InChI is InChI=1S/C21H31N3O2S.HI/c1-3-22-21(23-11-10-20-9-6-14-27-20)24-16-18-7-5-8-19(15-18)17-26-13-12-25-4-2;/h5-9,14-15H,3-4,10-13,16-17H2,1-2H3,(H2,22,23,24);1H. The molecule has 0 amide bonds. The number of guanidine groups is 1. The monoisotopic (exact) mass is 517 g/mol. The molecule has 0 spiro atoms. The summed E-state index contributed by atoms with van der Waals surface area (Å²) >= 11 is 1.79. The normalized spacial score (nSPS) is 11.1. The number of ether oxygens (including phenoxy) is 2. The molecule has 28 heavy (non-hydrogen) atoms. The Hall–Kier alpha value is -1.16. The molecule has 156 valence electrons. The van der Waals surface area contributed by atoms with Crippen molar-refractivity contribution in [3.8, 4) is 0 Å². The highest BCUT2D eigenvalue weighted by Gasteiger charge is 2.00. The molecule has 0 saturated carbocycles. The molecule has 0 bridgehead atoms. The van der Waals surface area contributed by atoms with Crippen LogP contribution >= 0.6 is 35.3 Å². The number of nitrogens with zero attached hydrogens (tertiary/aromatic N) is 1. The second-order valence-electron chi connectivity index (χ2n) is 6.02. The maximum absolute atomic E-state index is 5.64. The van der Waals surface area contributed by atoms with E-state index >= 15 is 0 Å². The predicted octanol–water partition coefficient (Wildman–Crippen LogP) is 4.22. The van der Waals surface area contributed by atoms with Gasteiger partial charge in [0.25, 0.3) is 0 Å². The summed E-state index contributed by atoms with van der Waals surface area (Å²) in [5.41, 5.74) is 2.34. The van der Waals surface area contributed by atoms with Crippen molar-refractivity contribution < 1.29 is 9.47 Å². The molecule has 0 fully saturated rings. The van der Waals surface area contributed by atoms with E-state index in [1.54, 1.807) is 11.3 Å². The van der Waals surface area contributed by atoms with Gasteiger partial charge in [0.1, 0.15) is 0 Å². The van der Waals surface area contributed by atoms with Crippen molar-refractivity contribution in [3.63, 3.8) is 0 Å². The Labute approximate surface area is 190 Å². The van der Waals surface area contributed by atoms with E-state index in [0.29, 0.717) is 26.4 Å². The van der Waals surface area contributed by atoms with Crippen LogP contribution < -0.4 is 10.6 Å². The number of rotatable bonds is 12. The Bertz CT molecular complexity index is 665. The number of benzene rings is 1. The van der Waals surface area contributed by atoms with Crippen LogP contribution in [-0.2, 0) is 29.0 Å². The summed E-state index contributed by atoms with van der Waals surface area (Å²) in [6, 6.07) is 12.6. The molecule has 1 aromatic heterocycles. The topological polar surface area (TPSA) is 54.9 Å². The highest BCUT2D eigenvalue weighted by atomic mass is 127. The number of hydrogen-bond acceptors (Lipinski definition) is 4. The van der Waals surface area contributed by atoms with Gasteiger partial charge in [-0.05, 0) is 42.8 Å². The van der Waals surface area contributed by atoms with Crippen LogP contribution in [0.5, 0.6) is 0 Å². The van der Waals surface area contributed by atoms with Crippen molar-refractivity contribution in [2.45, 2.75) is 33.4 Å². The summed E-state index contributed by atoms with van der Waals surface area (Å²) < 4.78 is 10.9. The van der Waals surface area contributed by atoms with E-state index in [4.69, 9.17) is 14.5 Å². The predicted molar refractivity (Wildman–Crippen MR) is 129 cm³/mol.